The van der Waals surface area contributed by atoms with E-state index in [-0.39, 0.29) is 5.41 Å². The van der Waals surface area contributed by atoms with Crippen LogP contribution in [0.2, 0.25) is 0 Å². The number of rotatable bonds is 5. The number of nitrogens with one attached hydrogen (secondary N) is 2. The molecule has 2 N–H and O–H groups in total. The number of aryl methyl sites for hydroxylation is 1. The van der Waals surface area contributed by atoms with Gasteiger partial charge in [0.1, 0.15) is 5.65 Å². The second-order valence-electron chi connectivity index (χ2n) is 8.80. The Kier molecular flexibility index (Phi) is 4.30. The topological polar surface area (TPSA) is 71.0 Å². The number of hydrogen-bond acceptors (Lipinski definition) is 5. The summed E-state index contributed by atoms with van der Waals surface area (Å²) in [4.78, 5) is 10.5. The van der Waals surface area contributed by atoms with Crippen molar-refractivity contribution in [1.82, 2.24) is 30.0 Å². The Balaban J connectivity index is 1.33. The molecule has 1 spiro atoms. The Morgan fingerprint density at radius 3 is 3.07 bits per heavy atom. The Hall–Kier alpha value is -2.48. The number of aromatic nitrogens is 4. The molecule has 1 fully saturated rings. The largest absolute Gasteiger partial charge is 0.373 e. The van der Waals surface area contributed by atoms with Gasteiger partial charge >= 0.3 is 0 Å². The molecule has 6 rings (SSSR count). The van der Waals surface area contributed by atoms with Crippen LogP contribution in [0.5, 0.6) is 0 Å². The molecule has 0 amide bonds. The summed E-state index contributed by atoms with van der Waals surface area (Å²) in [5, 5.41) is 9.60. The van der Waals surface area contributed by atoms with E-state index in [9.17, 15) is 0 Å². The van der Waals surface area contributed by atoms with E-state index in [1.807, 2.05) is 12.4 Å². The van der Waals surface area contributed by atoms with E-state index in [1.54, 1.807) is 0 Å². The molecular weight excluding hydrogens is 376 g/mol. The third-order valence-electron chi connectivity index (χ3n) is 7.02. The lowest BCUT2D eigenvalue weighted by atomic mass is 9.82. The molecule has 3 aromatic heterocycles. The van der Waals surface area contributed by atoms with Crippen LogP contribution in [0.4, 0.5) is 0 Å². The summed E-state index contributed by atoms with van der Waals surface area (Å²) in [5.74, 6) is 0. The Morgan fingerprint density at radius 2 is 2.20 bits per heavy atom. The highest BCUT2D eigenvalue weighted by Crippen LogP contribution is 2.43. The van der Waals surface area contributed by atoms with Gasteiger partial charge in [0.15, 0.2) is 0 Å². The van der Waals surface area contributed by atoms with Crippen molar-refractivity contribution in [3.63, 3.8) is 0 Å². The molecule has 6 heterocycles. The summed E-state index contributed by atoms with van der Waals surface area (Å²) in [5.41, 5.74) is 7.11. The fourth-order valence-electron chi connectivity index (χ4n) is 5.36. The summed E-state index contributed by atoms with van der Waals surface area (Å²) < 4.78 is 7.76. The minimum atomic E-state index is 0.253. The van der Waals surface area contributed by atoms with Crippen LogP contribution < -0.4 is 5.32 Å². The van der Waals surface area contributed by atoms with Crippen molar-refractivity contribution in [1.29, 1.82) is 0 Å². The molecule has 1 atom stereocenters. The minimum Gasteiger partial charge on any atom is -0.373 e. The fourth-order valence-corrected chi connectivity index (χ4v) is 5.36. The van der Waals surface area contributed by atoms with Gasteiger partial charge in [0.25, 0.3) is 0 Å². The molecule has 3 aliphatic rings. The number of aromatic amines is 1. The number of nitrogens with zero attached hydrogens (tertiary/aromatic N) is 4. The number of likely N-dealkylation sites (tertiary alicyclic amines) is 1. The van der Waals surface area contributed by atoms with Crippen molar-refractivity contribution < 1.29 is 4.74 Å². The van der Waals surface area contributed by atoms with Gasteiger partial charge in [-0.25, -0.2) is 4.98 Å². The molecule has 156 valence electrons. The Bertz CT molecular complexity index is 1130. The minimum absolute atomic E-state index is 0.253. The van der Waals surface area contributed by atoms with Gasteiger partial charge in [-0.15, -0.1) is 0 Å². The highest BCUT2D eigenvalue weighted by atomic mass is 16.5. The van der Waals surface area contributed by atoms with Crippen molar-refractivity contribution >= 4 is 16.6 Å². The molecule has 0 aliphatic carbocycles. The van der Waals surface area contributed by atoms with Gasteiger partial charge in [0, 0.05) is 66.3 Å². The molecule has 1 unspecified atom stereocenters. The average Bonchev–Trinajstić information content (AvgIpc) is 3.56. The third kappa shape index (κ3) is 2.84. The zero-order valence-corrected chi connectivity index (χ0v) is 17.4. The first-order chi connectivity index (χ1) is 14.8. The van der Waals surface area contributed by atoms with E-state index in [1.165, 1.54) is 29.7 Å². The maximum absolute atomic E-state index is 5.52. The number of hydrogen-bond donors (Lipinski definition) is 2. The van der Waals surface area contributed by atoms with Crippen molar-refractivity contribution in [2.45, 2.75) is 31.7 Å². The molecule has 30 heavy (non-hydrogen) atoms. The number of pyridine rings is 1. The molecule has 0 bridgehead atoms. The molecule has 0 aromatic carbocycles. The van der Waals surface area contributed by atoms with Crippen LogP contribution in [0.15, 0.2) is 30.6 Å². The molecule has 3 aromatic rings. The zero-order valence-electron chi connectivity index (χ0n) is 17.4. The predicted octanol–water partition coefficient (Wildman–Crippen LogP) is 2.75. The van der Waals surface area contributed by atoms with E-state index in [0.29, 0.717) is 13.2 Å². The molecular formula is C23H28N6O. The lowest BCUT2D eigenvalue weighted by Crippen LogP contribution is -2.35. The van der Waals surface area contributed by atoms with Crippen LogP contribution in [0, 0.1) is 0 Å². The summed E-state index contributed by atoms with van der Waals surface area (Å²) >= 11 is 0. The van der Waals surface area contributed by atoms with Crippen molar-refractivity contribution in [2.75, 3.05) is 39.5 Å². The van der Waals surface area contributed by atoms with E-state index in [4.69, 9.17) is 9.84 Å². The molecule has 0 radical (unpaired) electrons. The maximum atomic E-state index is 5.52. The van der Waals surface area contributed by atoms with Crippen molar-refractivity contribution in [3.8, 4) is 11.3 Å². The smallest absolute Gasteiger partial charge is 0.137 e. The third-order valence-corrected chi connectivity index (χ3v) is 7.02. The van der Waals surface area contributed by atoms with Gasteiger partial charge in [-0.3, -0.25) is 9.58 Å². The van der Waals surface area contributed by atoms with Crippen LogP contribution in [-0.4, -0.2) is 64.2 Å². The van der Waals surface area contributed by atoms with E-state index in [2.05, 4.69) is 50.0 Å². The number of ether oxygens (including phenoxy) is 1. The predicted molar refractivity (Wildman–Crippen MR) is 117 cm³/mol. The Labute approximate surface area is 176 Å². The van der Waals surface area contributed by atoms with Crippen LogP contribution in [0.1, 0.15) is 31.0 Å². The average molecular weight is 405 g/mol. The zero-order chi connectivity index (χ0) is 20.1. The van der Waals surface area contributed by atoms with Crippen molar-refractivity contribution in [3.05, 3.63) is 41.9 Å². The second-order valence-corrected chi connectivity index (χ2v) is 8.80. The first kappa shape index (κ1) is 18.3. The highest BCUT2D eigenvalue weighted by molar-refractivity contribution is 5.93. The molecule has 1 saturated heterocycles. The summed E-state index contributed by atoms with van der Waals surface area (Å²) in [6.45, 7) is 8.82. The van der Waals surface area contributed by atoms with Gasteiger partial charge in [-0.2, -0.15) is 5.10 Å². The SMILES string of the molecule is CCNCN1CCC2(CCn3nc(-c4cnc5[nH]cc(C6=CCOC6)c5c4)cc32)C1. The van der Waals surface area contributed by atoms with Gasteiger partial charge < -0.3 is 15.0 Å². The molecule has 0 saturated carbocycles. The second kappa shape index (κ2) is 7.04. The quantitative estimate of drug-likeness (QED) is 0.684. The fraction of sp³-hybridized carbons (Fsp3) is 0.478. The first-order valence-electron chi connectivity index (χ1n) is 11.0. The lowest BCUT2D eigenvalue weighted by molar-refractivity contribution is 0.216. The van der Waals surface area contributed by atoms with E-state index >= 15 is 0 Å². The van der Waals surface area contributed by atoms with Gasteiger partial charge in [0.2, 0.25) is 0 Å². The van der Waals surface area contributed by atoms with E-state index in [0.717, 1.165) is 55.1 Å². The van der Waals surface area contributed by atoms with Gasteiger partial charge in [-0.1, -0.05) is 13.0 Å². The summed E-state index contributed by atoms with van der Waals surface area (Å²) in [7, 11) is 0. The number of fused-ring (bicyclic) bond motifs is 3. The van der Waals surface area contributed by atoms with Gasteiger partial charge in [-0.05, 0) is 37.1 Å². The molecule has 3 aliphatic heterocycles. The van der Waals surface area contributed by atoms with Crippen LogP contribution in [0.25, 0.3) is 27.9 Å². The van der Waals surface area contributed by atoms with Crippen LogP contribution in [0.3, 0.4) is 0 Å². The first-order valence-corrected chi connectivity index (χ1v) is 11.0. The summed E-state index contributed by atoms with van der Waals surface area (Å²) in [6.07, 6.45) is 8.56. The lowest BCUT2D eigenvalue weighted by Gasteiger charge is -2.23. The molecule has 7 nitrogen and oxygen atoms in total. The van der Waals surface area contributed by atoms with Gasteiger partial charge in [0.05, 0.1) is 18.9 Å². The monoisotopic (exact) mass is 404 g/mol. The van der Waals surface area contributed by atoms with Crippen molar-refractivity contribution in [2.24, 2.45) is 0 Å². The van der Waals surface area contributed by atoms with E-state index < -0.39 is 0 Å². The standard InChI is InChI=1S/C23H28N6O/c1-2-24-15-28-6-4-23(14-28)5-7-29-21(23)10-20(27-29)17-9-18-19(16-3-8-30-13-16)12-26-22(18)25-11-17/h3,9-12,24H,2,4-8,13-15H2,1H3,(H,25,26). The normalized spacial score (nSPS) is 23.7. The van der Waals surface area contributed by atoms with Crippen LogP contribution >= 0.6 is 0 Å². The number of H-pyrrole nitrogens is 1. The van der Waals surface area contributed by atoms with Crippen LogP contribution in [-0.2, 0) is 16.7 Å². The maximum Gasteiger partial charge on any atom is 0.137 e. The Morgan fingerprint density at radius 1 is 1.27 bits per heavy atom. The summed E-state index contributed by atoms with van der Waals surface area (Å²) in [6, 6.07) is 4.54. The highest BCUT2D eigenvalue weighted by Gasteiger charge is 2.45. The molecule has 7 heteroatoms.